The quantitative estimate of drug-likeness (QED) is 0.799. The maximum absolute atomic E-state index is 5.92. The van der Waals surface area contributed by atoms with Crippen molar-refractivity contribution in [1.29, 1.82) is 0 Å². The number of ether oxygens (including phenoxy) is 1. The highest BCUT2D eigenvalue weighted by Gasteiger charge is 2.22. The van der Waals surface area contributed by atoms with E-state index in [1.807, 2.05) is 24.4 Å². The van der Waals surface area contributed by atoms with Crippen molar-refractivity contribution >= 4 is 28.2 Å². The molecule has 4 heteroatoms. The van der Waals surface area contributed by atoms with Gasteiger partial charge in [0.25, 0.3) is 0 Å². The summed E-state index contributed by atoms with van der Waals surface area (Å²) in [6, 6.07) is 7.98. The Kier molecular flexibility index (Phi) is 4.71. The molecule has 1 unspecified atom stereocenters. The van der Waals surface area contributed by atoms with Crippen molar-refractivity contribution in [1.82, 2.24) is 4.98 Å². The Hall–Kier alpha value is -1.48. The molecule has 0 saturated heterocycles. The molecule has 1 aromatic carbocycles. The molecule has 2 rings (SSSR count). The first-order valence-corrected chi connectivity index (χ1v) is 7.43. The smallest absolute Gasteiger partial charge is 0.134 e. The van der Waals surface area contributed by atoms with Gasteiger partial charge in [0.1, 0.15) is 11.6 Å². The fourth-order valence-corrected chi connectivity index (χ4v) is 2.70. The summed E-state index contributed by atoms with van der Waals surface area (Å²) in [7, 11) is 1.69. The number of benzene rings is 1. The van der Waals surface area contributed by atoms with Gasteiger partial charge in [-0.25, -0.2) is 4.98 Å². The Bertz CT molecular complexity index is 588. The van der Waals surface area contributed by atoms with E-state index in [9.17, 15) is 0 Å². The first kappa shape index (κ1) is 14.9. The molecule has 0 aliphatic carbocycles. The van der Waals surface area contributed by atoms with E-state index < -0.39 is 0 Å². The van der Waals surface area contributed by atoms with Crippen molar-refractivity contribution in [2.75, 3.05) is 18.3 Å². The van der Waals surface area contributed by atoms with Crippen LogP contribution in [0.15, 0.2) is 30.5 Å². The predicted octanol–water partition coefficient (Wildman–Crippen LogP) is 4.45. The van der Waals surface area contributed by atoms with Gasteiger partial charge in [0.2, 0.25) is 0 Å². The second-order valence-corrected chi connectivity index (χ2v) is 5.57. The molecule has 0 amide bonds. The van der Waals surface area contributed by atoms with Crippen molar-refractivity contribution in [3.63, 3.8) is 0 Å². The molecule has 0 radical (unpaired) electrons. The molecule has 0 aliphatic rings. The summed E-state index contributed by atoms with van der Waals surface area (Å²) in [4.78, 5) is 4.49. The Balaban J connectivity index is 2.45. The average molecular weight is 293 g/mol. The molecular formula is C16H21ClN2O. The zero-order valence-corrected chi connectivity index (χ0v) is 13.0. The Morgan fingerprint density at radius 2 is 2.10 bits per heavy atom. The number of anilines is 1. The fraction of sp³-hybridized carbons (Fsp3) is 0.438. The first-order valence-electron chi connectivity index (χ1n) is 6.89. The lowest BCUT2D eigenvalue weighted by Crippen LogP contribution is -2.34. The SMILES string of the molecule is CCC(C)(CCCl)Nc1nccc2c(OC)cccc12. The van der Waals surface area contributed by atoms with Crippen molar-refractivity contribution < 1.29 is 4.74 Å². The molecule has 108 valence electrons. The van der Waals surface area contributed by atoms with Crippen molar-refractivity contribution in [3.8, 4) is 5.75 Å². The average Bonchev–Trinajstić information content (AvgIpc) is 2.47. The number of aromatic nitrogens is 1. The van der Waals surface area contributed by atoms with Crippen LogP contribution in [0.4, 0.5) is 5.82 Å². The molecule has 1 atom stereocenters. The van der Waals surface area contributed by atoms with Gasteiger partial charge in [-0.15, -0.1) is 11.6 Å². The van der Waals surface area contributed by atoms with E-state index in [4.69, 9.17) is 16.3 Å². The monoisotopic (exact) mass is 292 g/mol. The van der Waals surface area contributed by atoms with E-state index in [-0.39, 0.29) is 5.54 Å². The summed E-state index contributed by atoms with van der Waals surface area (Å²) in [5.74, 6) is 2.38. The molecule has 1 N–H and O–H groups in total. The van der Waals surface area contributed by atoms with Crippen LogP contribution in [0, 0.1) is 0 Å². The number of methoxy groups -OCH3 is 1. The van der Waals surface area contributed by atoms with Gasteiger partial charge in [-0.3, -0.25) is 0 Å². The van der Waals surface area contributed by atoms with E-state index in [1.165, 1.54) is 0 Å². The van der Waals surface area contributed by atoms with Crippen LogP contribution < -0.4 is 10.1 Å². The third-order valence-corrected chi connectivity index (χ3v) is 4.02. The number of alkyl halides is 1. The minimum Gasteiger partial charge on any atom is -0.496 e. The highest BCUT2D eigenvalue weighted by atomic mass is 35.5. The molecule has 0 fully saturated rings. The predicted molar refractivity (Wildman–Crippen MR) is 86.0 cm³/mol. The minimum atomic E-state index is -0.0495. The number of hydrogen-bond donors (Lipinski definition) is 1. The molecule has 0 spiro atoms. The summed E-state index contributed by atoms with van der Waals surface area (Å²) in [5.41, 5.74) is -0.0495. The molecule has 1 aromatic heterocycles. The zero-order valence-electron chi connectivity index (χ0n) is 12.2. The van der Waals surface area contributed by atoms with E-state index in [2.05, 4.69) is 30.2 Å². The topological polar surface area (TPSA) is 34.2 Å². The molecular weight excluding hydrogens is 272 g/mol. The van der Waals surface area contributed by atoms with Crippen LogP contribution in [-0.4, -0.2) is 23.5 Å². The van der Waals surface area contributed by atoms with E-state index in [1.54, 1.807) is 7.11 Å². The van der Waals surface area contributed by atoms with Crippen LogP contribution in [0.2, 0.25) is 0 Å². The molecule has 2 aromatic rings. The lowest BCUT2D eigenvalue weighted by molar-refractivity contribution is 0.420. The zero-order chi connectivity index (χ0) is 14.6. The number of nitrogens with one attached hydrogen (secondary N) is 1. The van der Waals surface area contributed by atoms with Crippen LogP contribution >= 0.6 is 11.6 Å². The second-order valence-electron chi connectivity index (χ2n) is 5.19. The van der Waals surface area contributed by atoms with Gasteiger partial charge >= 0.3 is 0 Å². The van der Waals surface area contributed by atoms with Gasteiger partial charge in [0.15, 0.2) is 0 Å². The fourth-order valence-electron chi connectivity index (χ4n) is 2.28. The second kappa shape index (κ2) is 6.31. The Morgan fingerprint density at radius 3 is 2.75 bits per heavy atom. The van der Waals surface area contributed by atoms with Crippen molar-refractivity contribution in [3.05, 3.63) is 30.5 Å². The summed E-state index contributed by atoms with van der Waals surface area (Å²) in [6.45, 7) is 4.33. The third-order valence-electron chi connectivity index (χ3n) is 3.83. The highest BCUT2D eigenvalue weighted by molar-refractivity contribution is 6.17. The maximum Gasteiger partial charge on any atom is 0.134 e. The van der Waals surface area contributed by atoms with Crippen molar-refractivity contribution in [2.45, 2.75) is 32.2 Å². The van der Waals surface area contributed by atoms with Gasteiger partial charge < -0.3 is 10.1 Å². The van der Waals surface area contributed by atoms with Crippen LogP contribution in [0.5, 0.6) is 5.75 Å². The van der Waals surface area contributed by atoms with E-state index >= 15 is 0 Å². The van der Waals surface area contributed by atoms with E-state index in [0.29, 0.717) is 5.88 Å². The van der Waals surface area contributed by atoms with Gasteiger partial charge in [0, 0.05) is 28.4 Å². The first-order chi connectivity index (χ1) is 9.63. The standard InChI is InChI=1S/C16H21ClN2O/c1-4-16(2,9-10-17)19-15-13-6-5-7-14(20-3)12(13)8-11-18-15/h5-8,11H,4,9-10H2,1-3H3,(H,18,19). The summed E-state index contributed by atoms with van der Waals surface area (Å²) < 4.78 is 5.41. The highest BCUT2D eigenvalue weighted by Crippen LogP contribution is 2.31. The molecule has 1 heterocycles. The number of rotatable bonds is 6. The lowest BCUT2D eigenvalue weighted by atomic mass is 9.95. The molecule has 0 bridgehead atoms. The normalized spacial score (nSPS) is 14.0. The largest absolute Gasteiger partial charge is 0.496 e. The van der Waals surface area contributed by atoms with Crippen LogP contribution in [-0.2, 0) is 0 Å². The van der Waals surface area contributed by atoms with Gasteiger partial charge in [0.05, 0.1) is 7.11 Å². The summed E-state index contributed by atoms with van der Waals surface area (Å²) >= 11 is 5.92. The van der Waals surface area contributed by atoms with Gasteiger partial charge in [-0.05, 0) is 31.9 Å². The van der Waals surface area contributed by atoms with Crippen LogP contribution in [0.1, 0.15) is 26.7 Å². The molecule has 0 aliphatic heterocycles. The van der Waals surface area contributed by atoms with Gasteiger partial charge in [-0.1, -0.05) is 19.1 Å². The molecule has 3 nitrogen and oxygen atoms in total. The Labute approximate surface area is 125 Å². The van der Waals surface area contributed by atoms with Crippen molar-refractivity contribution in [2.24, 2.45) is 0 Å². The number of pyridine rings is 1. The van der Waals surface area contributed by atoms with Crippen LogP contribution in [0.25, 0.3) is 10.8 Å². The summed E-state index contributed by atoms with van der Waals surface area (Å²) in [6.07, 6.45) is 3.69. The van der Waals surface area contributed by atoms with Crippen LogP contribution in [0.3, 0.4) is 0 Å². The number of fused-ring (bicyclic) bond motifs is 1. The molecule has 20 heavy (non-hydrogen) atoms. The van der Waals surface area contributed by atoms with E-state index in [0.717, 1.165) is 35.2 Å². The third kappa shape index (κ3) is 2.98. The minimum absolute atomic E-state index is 0.0495. The maximum atomic E-state index is 5.92. The number of nitrogens with zero attached hydrogens (tertiary/aromatic N) is 1. The van der Waals surface area contributed by atoms with Gasteiger partial charge in [-0.2, -0.15) is 0 Å². The lowest BCUT2D eigenvalue weighted by Gasteiger charge is -2.30. The molecule has 0 saturated carbocycles. The number of halogens is 1. The number of hydrogen-bond acceptors (Lipinski definition) is 3. The summed E-state index contributed by atoms with van der Waals surface area (Å²) in [5, 5.41) is 5.69. The Morgan fingerprint density at radius 1 is 1.30 bits per heavy atom.